The Balaban J connectivity index is 1.37. The van der Waals surface area contributed by atoms with E-state index in [4.69, 9.17) is 4.42 Å². The summed E-state index contributed by atoms with van der Waals surface area (Å²) in [5, 5.41) is 5.60. The van der Waals surface area contributed by atoms with Gasteiger partial charge < -0.3 is 24.5 Å². The number of nitrogens with one attached hydrogen (secondary N) is 2. The second-order valence-corrected chi connectivity index (χ2v) is 8.82. The maximum Gasteiger partial charge on any atom is 0.274 e. The first-order chi connectivity index (χ1) is 16.4. The normalized spacial score (nSPS) is 19.6. The molecule has 1 unspecified atom stereocenters. The van der Waals surface area contributed by atoms with Crippen LogP contribution >= 0.6 is 0 Å². The number of halogens is 1. The third kappa shape index (κ3) is 3.95. The van der Waals surface area contributed by atoms with Crippen LogP contribution in [0.4, 0.5) is 4.39 Å². The van der Waals surface area contributed by atoms with Gasteiger partial charge in [0.15, 0.2) is 5.69 Å². The summed E-state index contributed by atoms with van der Waals surface area (Å²) in [6.45, 7) is 2.27. The summed E-state index contributed by atoms with van der Waals surface area (Å²) < 4.78 is 20.0. The van der Waals surface area contributed by atoms with Gasteiger partial charge in [-0.25, -0.2) is 9.37 Å². The highest BCUT2D eigenvalue weighted by molar-refractivity contribution is 6.07. The maximum absolute atomic E-state index is 13.6. The number of carbonyl (C=O) groups is 3. The van der Waals surface area contributed by atoms with Crippen molar-refractivity contribution in [2.75, 3.05) is 0 Å². The van der Waals surface area contributed by atoms with Crippen LogP contribution in [-0.4, -0.2) is 43.8 Å². The van der Waals surface area contributed by atoms with Gasteiger partial charge in [-0.2, -0.15) is 0 Å². The van der Waals surface area contributed by atoms with Crippen molar-refractivity contribution >= 4 is 17.7 Å². The molecule has 1 fully saturated rings. The van der Waals surface area contributed by atoms with Crippen molar-refractivity contribution in [2.24, 2.45) is 0 Å². The molecule has 0 radical (unpaired) electrons. The minimum Gasteiger partial charge on any atom is -0.467 e. The Hall–Kier alpha value is -3.95. The summed E-state index contributed by atoms with van der Waals surface area (Å²) in [7, 11) is 0. The molecule has 2 aromatic heterocycles. The second-order valence-electron chi connectivity index (χ2n) is 8.82. The van der Waals surface area contributed by atoms with Crippen molar-refractivity contribution in [3.05, 3.63) is 77.5 Å². The number of rotatable bonds is 7. The predicted molar refractivity (Wildman–Crippen MR) is 118 cm³/mol. The lowest BCUT2D eigenvalue weighted by molar-refractivity contribution is -0.133. The molecule has 3 heterocycles. The van der Waals surface area contributed by atoms with E-state index in [0.717, 1.165) is 18.4 Å². The van der Waals surface area contributed by atoms with Gasteiger partial charge >= 0.3 is 0 Å². The van der Waals surface area contributed by atoms with Crippen molar-refractivity contribution in [3.8, 4) is 0 Å². The largest absolute Gasteiger partial charge is 0.467 e. The summed E-state index contributed by atoms with van der Waals surface area (Å²) in [6.07, 6.45) is 4.52. The smallest absolute Gasteiger partial charge is 0.274 e. The SMILES string of the molecule is CC1(C(=O)NCc2ccc(F)cc2)Cn2cnc(C(=O)NCc3ccco3)c2C(=O)N1C1CC1. The lowest BCUT2D eigenvalue weighted by atomic mass is 9.93. The molecule has 0 saturated heterocycles. The zero-order valence-corrected chi connectivity index (χ0v) is 18.6. The molecule has 10 heteroatoms. The summed E-state index contributed by atoms with van der Waals surface area (Å²) in [5.74, 6) is -0.970. The second kappa shape index (κ2) is 8.44. The fraction of sp³-hybridized carbons (Fsp3) is 0.333. The van der Waals surface area contributed by atoms with E-state index in [9.17, 15) is 18.8 Å². The molecule has 176 valence electrons. The van der Waals surface area contributed by atoms with Crippen molar-refractivity contribution in [3.63, 3.8) is 0 Å². The summed E-state index contributed by atoms with van der Waals surface area (Å²) in [5.41, 5.74) is -0.214. The number of fused-ring (bicyclic) bond motifs is 1. The standard InChI is InChI=1S/C24H24FN5O4/c1-24(23(33)27-11-15-4-6-16(25)7-5-15)13-29-14-28-19(20(29)22(32)30(24)17-8-9-17)21(31)26-12-18-3-2-10-34-18/h2-7,10,14,17H,8-9,11-13H2,1H3,(H,26,31)(H,27,33). The first-order valence-corrected chi connectivity index (χ1v) is 11.1. The van der Waals surface area contributed by atoms with Crippen LogP contribution in [0, 0.1) is 5.82 Å². The Morgan fingerprint density at radius 1 is 1.18 bits per heavy atom. The number of benzene rings is 1. The highest BCUT2D eigenvalue weighted by Crippen LogP contribution is 2.38. The van der Waals surface area contributed by atoms with Crippen molar-refractivity contribution in [2.45, 2.75) is 51.0 Å². The van der Waals surface area contributed by atoms with Crippen molar-refractivity contribution in [1.82, 2.24) is 25.1 Å². The lowest BCUT2D eigenvalue weighted by Gasteiger charge is -2.44. The van der Waals surface area contributed by atoms with Crippen LogP contribution in [0.2, 0.25) is 0 Å². The molecule has 1 saturated carbocycles. The quantitative estimate of drug-likeness (QED) is 0.556. The minimum atomic E-state index is -1.16. The van der Waals surface area contributed by atoms with Gasteiger partial charge in [-0.3, -0.25) is 14.4 Å². The molecule has 5 rings (SSSR count). The molecule has 2 N–H and O–H groups in total. The van der Waals surface area contributed by atoms with Gasteiger partial charge in [-0.1, -0.05) is 12.1 Å². The molecule has 3 amide bonds. The number of aromatic nitrogens is 2. The fourth-order valence-corrected chi connectivity index (χ4v) is 4.36. The number of hydrogen-bond acceptors (Lipinski definition) is 5. The van der Waals surface area contributed by atoms with Crippen LogP contribution in [0.15, 0.2) is 53.4 Å². The van der Waals surface area contributed by atoms with E-state index in [1.54, 1.807) is 40.7 Å². The number of furan rings is 1. The van der Waals surface area contributed by atoms with E-state index in [1.807, 2.05) is 0 Å². The van der Waals surface area contributed by atoms with Gasteiger partial charge in [0.25, 0.3) is 11.8 Å². The minimum absolute atomic E-state index is 0.0241. The van der Waals surface area contributed by atoms with E-state index in [2.05, 4.69) is 15.6 Å². The topological polar surface area (TPSA) is 109 Å². The van der Waals surface area contributed by atoms with Crippen LogP contribution in [0.1, 0.15) is 52.1 Å². The van der Waals surface area contributed by atoms with Gasteiger partial charge in [-0.05, 0) is 49.6 Å². The van der Waals surface area contributed by atoms with Gasteiger partial charge in [0.2, 0.25) is 5.91 Å². The number of nitrogens with zero attached hydrogens (tertiary/aromatic N) is 3. The highest BCUT2D eigenvalue weighted by atomic mass is 19.1. The monoisotopic (exact) mass is 465 g/mol. The molecule has 34 heavy (non-hydrogen) atoms. The molecular formula is C24H24FN5O4. The van der Waals surface area contributed by atoms with Gasteiger partial charge in [0, 0.05) is 12.6 Å². The Labute approximate surface area is 194 Å². The Bertz CT molecular complexity index is 1230. The highest BCUT2D eigenvalue weighted by Gasteiger charge is 2.53. The average Bonchev–Trinajstić information content (AvgIpc) is 3.33. The van der Waals surface area contributed by atoms with E-state index >= 15 is 0 Å². The van der Waals surface area contributed by atoms with Crippen molar-refractivity contribution in [1.29, 1.82) is 0 Å². The van der Waals surface area contributed by atoms with Gasteiger partial charge in [-0.15, -0.1) is 0 Å². The first kappa shape index (κ1) is 21.9. The molecule has 9 nitrogen and oxygen atoms in total. The number of hydrogen-bond donors (Lipinski definition) is 2. The third-order valence-electron chi connectivity index (χ3n) is 6.25. The predicted octanol–water partition coefficient (Wildman–Crippen LogP) is 2.24. The lowest BCUT2D eigenvalue weighted by Crippen LogP contribution is -2.64. The van der Waals surface area contributed by atoms with E-state index in [0.29, 0.717) is 5.76 Å². The Morgan fingerprint density at radius 3 is 2.62 bits per heavy atom. The molecular weight excluding hydrogens is 441 g/mol. The Morgan fingerprint density at radius 2 is 1.94 bits per heavy atom. The molecule has 0 bridgehead atoms. The summed E-state index contributed by atoms with van der Waals surface area (Å²) in [4.78, 5) is 45.5. The Kier molecular flexibility index (Phi) is 5.43. The molecule has 3 aromatic rings. The van der Waals surface area contributed by atoms with Crippen molar-refractivity contribution < 1.29 is 23.2 Å². The molecule has 1 atom stereocenters. The summed E-state index contributed by atoms with van der Waals surface area (Å²) in [6, 6.07) is 9.25. The van der Waals surface area contributed by atoms with Crippen LogP contribution in [0.5, 0.6) is 0 Å². The number of amides is 3. The van der Waals surface area contributed by atoms with Gasteiger partial charge in [0.05, 0.1) is 25.7 Å². The molecule has 1 aliphatic heterocycles. The molecule has 0 spiro atoms. The molecule has 2 aliphatic rings. The van der Waals surface area contributed by atoms with Crippen LogP contribution < -0.4 is 10.6 Å². The van der Waals surface area contributed by atoms with E-state index in [1.165, 1.54) is 24.7 Å². The summed E-state index contributed by atoms with van der Waals surface area (Å²) >= 11 is 0. The van der Waals surface area contributed by atoms with Crippen LogP contribution in [-0.2, 0) is 24.4 Å². The van der Waals surface area contributed by atoms with E-state index < -0.39 is 17.4 Å². The number of carbonyl (C=O) groups excluding carboxylic acids is 3. The first-order valence-electron chi connectivity index (χ1n) is 11.1. The van der Waals surface area contributed by atoms with Crippen LogP contribution in [0.3, 0.4) is 0 Å². The van der Waals surface area contributed by atoms with Gasteiger partial charge in [0.1, 0.15) is 22.8 Å². The average molecular weight is 465 g/mol. The fourth-order valence-electron chi connectivity index (χ4n) is 4.36. The third-order valence-corrected chi connectivity index (χ3v) is 6.25. The maximum atomic E-state index is 13.6. The van der Waals surface area contributed by atoms with E-state index in [-0.39, 0.29) is 48.8 Å². The number of imidazole rings is 1. The van der Waals surface area contributed by atoms with Crippen LogP contribution in [0.25, 0.3) is 0 Å². The molecule has 1 aliphatic carbocycles. The zero-order valence-electron chi connectivity index (χ0n) is 18.6. The molecule has 1 aromatic carbocycles. The zero-order chi connectivity index (χ0) is 23.9.